The predicted molar refractivity (Wildman–Crippen MR) is 127 cm³/mol. The third-order valence-corrected chi connectivity index (χ3v) is 6.88. The van der Waals surface area contributed by atoms with Crippen molar-refractivity contribution in [1.29, 1.82) is 0 Å². The summed E-state index contributed by atoms with van der Waals surface area (Å²) in [6, 6.07) is 19.8. The number of sulfone groups is 1. The second-order valence-electron chi connectivity index (χ2n) is 7.27. The molecule has 8 heteroatoms. The van der Waals surface area contributed by atoms with E-state index in [1.54, 1.807) is 18.9 Å². The molecular formula is C24H25NO5S2. The van der Waals surface area contributed by atoms with Gasteiger partial charge in [0.15, 0.2) is 9.84 Å². The van der Waals surface area contributed by atoms with Gasteiger partial charge in [-0.15, -0.1) is 11.8 Å². The number of phenols is 1. The number of anilines is 1. The number of carbonyl (C=O) groups is 1. The van der Waals surface area contributed by atoms with E-state index >= 15 is 0 Å². The summed E-state index contributed by atoms with van der Waals surface area (Å²) in [6.45, 7) is 0. The van der Waals surface area contributed by atoms with Gasteiger partial charge in [-0.25, -0.2) is 8.42 Å². The fourth-order valence-electron chi connectivity index (χ4n) is 3.07. The van der Waals surface area contributed by atoms with Crippen molar-refractivity contribution in [2.24, 2.45) is 0 Å². The number of carbonyl (C=O) groups excluding carboxylic acids is 1. The molecule has 0 spiro atoms. The van der Waals surface area contributed by atoms with Gasteiger partial charge in [0.2, 0.25) is 5.91 Å². The number of methoxy groups -OCH3 is 1. The molecule has 3 aromatic rings. The third-order valence-electron chi connectivity index (χ3n) is 4.74. The molecule has 3 aromatic carbocycles. The highest BCUT2D eigenvalue weighted by atomic mass is 32.2. The van der Waals surface area contributed by atoms with Crippen molar-refractivity contribution in [1.82, 2.24) is 0 Å². The number of nitrogens with one attached hydrogen (secondary N) is 1. The van der Waals surface area contributed by atoms with E-state index in [1.807, 2.05) is 36.4 Å². The van der Waals surface area contributed by atoms with Crippen molar-refractivity contribution in [3.05, 3.63) is 77.9 Å². The second kappa shape index (κ2) is 10.6. The molecule has 0 aromatic heterocycles. The van der Waals surface area contributed by atoms with Crippen LogP contribution in [0.3, 0.4) is 0 Å². The summed E-state index contributed by atoms with van der Waals surface area (Å²) in [4.78, 5) is 13.3. The maximum atomic E-state index is 12.4. The monoisotopic (exact) mass is 471 g/mol. The van der Waals surface area contributed by atoms with E-state index < -0.39 is 9.84 Å². The van der Waals surface area contributed by atoms with Gasteiger partial charge in [-0.2, -0.15) is 0 Å². The number of hydrogen-bond acceptors (Lipinski definition) is 6. The maximum absolute atomic E-state index is 12.4. The van der Waals surface area contributed by atoms with Gasteiger partial charge in [0, 0.05) is 22.6 Å². The topological polar surface area (TPSA) is 92.7 Å². The first-order valence-electron chi connectivity index (χ1n) is 9.92. The van der Waals surface area contributed by atoms with Gasteiger partial charge >= 0.3 is 0 Å². The van der Waals surface area contributed by atoms with E-state index in [0.29, 0.717) is 11.3 Å². The van der Waals surface area contributed by atoms with Crippen LogP contribution in [0.15, 0.2) is 76.5 Å². The standard InChI is InChI=1S/C24H25NO5S2/c1-30-20-8-3-17(4-9-20)13-14-31-21-10-6-19(7-11-21)25-24(27)16-18-5-12-22(26)23(15-18)32(2,28)29/h3-12,15,26H,13-14,16H2,1-2H3,(H,25,27). The maximum Gasteiger partial charge on any atom is 0.228 e. The smallest absolute Gasteiger partial charge is 0.228 e. The number of amides is 1. The molecule has 0 saturated carbocycles. The minimum atomic E-state index is -3.57. The number of phenolic OH excluding ortho intramolecular Hbond substituents is 1. The van der Waals surface area contributed by atoms with E-state index in [-0.39, 0.29) is 23.0 Å². The molecule has 0 aliphatic carbocycles. The van der Waals surface area contributed by atoms with Crippen LogP contribution in [-0.4, -0.2) is 38.5 Å². The fraction of sp³-hybridized carbons (Fsp3) is 0.208. The lowest BCUT2D eigenvalue weighted by Crippen LogP contribution is -2.14. The van der Waals surface area contributed by atoms with Gasteiger partial charge in [0.1, 0.15) is 16.4 Å². The predicted octanol–water partition coefficient (Wildman–Crippen LogP) is 4.32. The van der Waals surface area contributed by atoms with Crippen LogP contribution in [-0.2, 0) is 27.5 Å². The van der Waals surface area contributed by atoms with Crippen molar-refractivity contribution >= 4 is 33.2 Å². The van der Waals surface area contributed by atoms with E-state index in [9.17, 15) is 18.3 Å². The Bertz CT molecular complexity index is 1170. The van der Waals surface area contributed by atoms with E-state index in [0.717, 1.165) is 29.1 Å². The minimum absolute atomic E-state index is 0.00115. The Morgan fingerprint density at radius 1 is 1.00 bits per heavy atom. The third kappa shape index (κ3) is 6.77. The number of ether oxygens (including phenoxy) is 1. The number of rotatable bonds is 9. The zero-order valence-electron chi connectivity index (χ0n) is 17.9. The highest BCUT2D eigenvalue weighted by Gasteiger charge is 2.15. The number of hydrogen-bond donors (Lipinski definition) is 2. The van der Waals surface area contributed by atoms with Crippen molar-refractivity contribution in [2.75, 3.05) is 24.4 Å². The Labute approximate surface area is 192 Å². The average Bonchev–Trinajstić information content (AvgIpc) is 2.76. The molecule has 0 fully saturated rings. The normalized spacial score (nSPS) is 11.2. The molecule has 0 heterocycles. The van der Waals surface area contributed by atoms with Crippen LogP contribution >= 0.6 is 11.8 Å². The van der Waals surface area contributed by atoms with Gasteiger partial charge < -0.3 is 15.2 Å². The molecule has 0 radical (unpaired) electrons. The highest BCUT2D eigenvalue weighted by Crippen LogP contribution is 2.25. The van der Waals surface area contributed by atoms with Crippen LogP contribution in [0.1, 0.15) is 11.1 Å². The molecule has 0 bridgehead atoms. The van der Waals surface area contributed by atoms with E-state index in [1.165, 1.54) is 23.8 Å². The minimum Gasteiger partial charge on any atom is -0.507 e. The summed E-state index contributed by atoms with van der Waals surface area (Å²) in [7, 11) is -1.92. The summed E-state index contributed by atoms with van der Waals surface area (Å²) >= 11 is 1.74. The van der Waals surface area contributed by atoms with Crippen LogP contribution in [0.25, 0.3) is 0 Å². The summed E-state index contributed by atoms with van der Waals surface area (Å²) in [5.74, 6) is 1.19. The largest absolute Gasteiger partial charge is 0.507 e. The van der Waals surface area contributed by atoms with Gasteiger partial charge in [-0.05, 0) is 66.1 Å². The molecule has 3 rings (SSSR count). The summed E-state index contributed by atoms with van der Waals surface area (Å²) in [5.41, 5.74) is 2.42. The first-order valence-corrected chi connectivity index (χ1v) is 12.8. The lowest BCUT2D eigenvalue weighted by molar-refractivity contribution is -0.115. The van der Waals surface area contributed by atoms with Gasteiger partial charge in [0.05, 0.1) is 13.5 Å². The zero-order chi connectivity index (χ0) is 23.1. The molecule has 32 heavy (non-hydrogen) atoms. The summed E-state index contributed by atoms with van der Waals surface area (Å²) in [5, 5.41) is 12.5. The lowest BCUT2D eigenvalue weighted by Gasteiger charge is -2.09. The Balaban J connectivity index is 1.51. The van der Waals surface area contributed by atoms with E-state index in [2.05, 4.69) is 17.4 Å². The fourth-order valence-corrected chi connectivity index (χ4v) is 4.78. The molecular weight excluding hydrogens is 446 g/mol. The molecule has 0 saturated heterocycles. The van der Waals surface area contributed by atoms with Crippen LogP contribution in [0, 0.1) is 0 Å². The Morgan fingerprint density at radius 3 is 2.28 bits per heavy atom. The van der Waals surface area contributed by atoms with Crippen molar-refractivity contribution in [3.8, 4) is 11.5 Å². The van der Waals surface area contributed by atoms with Crippen molar-refractivity contribution < 1.29 is 23.1 Å². The average molecular weight is 472 g/mol. The Morgan fingerprint density at radius 2 is 1.66 bits per heavy atom. The molecule has 168 valence electrons. The summed E-state index contributed by atoms with van der Waals surface area (Å²) in [6.07, 6.45) is 1.96. The quantitative estimate of drug-likeness (QED) is 0.452. The van der Waals surface area contributed by atoms with Crippen LogP contribution in [0.5, 0.6) is 11.5 Å². The number of aryl methyl sites for hydroxylation is 1. The first-order chi connectivity index (χ1) is 15.2. The molecule has 0 atom stereocenters. The van der Waals surface area contributed by atoms with Crippen LogP contribution < -0.4 is 10.1 Å². The first kappa shape index (κ1) is 23.7. The second-order valence-corrected chi connectivity index (χ2v) is 10.4. The van der Waals surface area contributed by atoms with Crippen LogP contribution in [0.2, 0.25) is 0 Å². The van der Waals surface area contributed by atoms with Crippen molar-refractivity contribution in [2.45, 2.75) is 22.6 Å². The number of aromatic hydroxyl groups is 1. The van der Waals surface area contributed by atoms with Gasteiger partial charge in [-0.3, -0.25) is 4.79 Å². The lowest BCUT2D eigenvalue weighted by atomic mass is 10.1. The Kier molecular flexibility index (Phi) is 7.82. The molecule has 2 N–H and O–H groups in total. The highest BCUT2D eigenvalue weighted by molar-refractivity contribution is 7.99. The molecule has 0 aliphatic rings. The van der Waals surface area contributed by atoms with Gasteiger partial charge in [0.25, 0.3) is 0 Å². The van der Waals surface area contributed by atoms with Crippen molar-refractivity contribution in [3.63, 3.8) is 0 Å². The Hall–Kier alpha value is -2.97. The molecule has 0 aliphatic heterocycles. The van der Waals surface area contributed by atoms with E-state index in [4.69, 9.17) is 4.74 Å². The summed E-state index contributed by atoms with van der Waals surface area (Å²) < 4.78 is 28.6. The number of thioether (sulfide) groups is 1. The number of benzene rings is 3. The zero-order valence-corrected chi connectivity index (χ0v) is 19.5. The molecule has 1 amide bonds. The molecule has 6 nitrogen and oxygen atoms in total. The van der Waals surface area contributed by atoms with Crippen LogP contribution in [0.4, 0.5) is 5.69 Å². The molecule has 0 unspecified atom stereocenters. The van der Waals surface area contributed by atoms with Gasteiger partial charge in [-0.1, -0.05) is 18.2 Å². The SMILES string of the molecule is COc1ccc(CCSc2ccc(NC(=O)Cc3ccc(O)c(S(C)(=O)=O)c3)cc2)cc1.